The van der Waals surface area contributed by atoms with Crippen LogP contribution in [0.2, 0.25) is 0 Å². The van der Waals surface area contributed by atoms with Gasteiger partial charge in [0.15, 0.2) is 0 Å². The predicted molar refractivity (Wildman–Crippen MR) is 91.4 cm³/mol. The molecule has 6 heteroatoms. The molecule has 0 aromatic heterocycles. The molecule has 136 valence electrons. The van der Waals surface area contributed by atoms with Gasteiger partial charge in [-0.25, -0.2) is 4.79 Å². The number of ether oxygens (including phenoxy) is 3. The maximum Gasteiger partial charge on any atom is 0.337 e. The molecule has 2 aliphatic heterocycles. The van der Waals surface area contributed by atoms with E-state index in [0.29, 0.717) is 37.7 Å². The monoisotopic (exact) mass is 347 g/mol. The SMILES string of the molecule is COC(=O)c1ccc2c(c1)OC[C@H](C)N(C(=O)C1(C)CCOCC1)C2. The van der Waals surface area contributed by atoms with E-state index in [4.69, 9.17) is 14.2 Å². The average Bonchev–Trinajstić information content (AvgIpc) is 2.79. The molecule has 2 heterocycles. The Kier molecular flexibility index (Phi) is 4.99. The summed E-state index contributed by atoms with van der Waals surface area (Å²) in [6.07, 6.45) is 1.48. The van der Waals surface area contributed by atoms with Crippen LogP contribution >= 0.6 is 0 Å². The molecule has 1 amide bonds. The smallest absolute Gasteiger partial charge is 0.337 e. The number of hydrogen-bond acceptors (Lipinski definition) is 5. The van der Waals surface area contributed by atoms with Crippen molar-refractivity contribution < 1.29 is 23.8 Å². The largest absolute Gasteiger partial charge is 0.491 e. The number of carbonyl (C=O) groups is 2. The Labute approximate surface area is 148 Å². The van der Waals surface area contributed by atoms with Crippen LogP contribution in [0.3, 0.4) is 0 Å². The topological polar surface area (TPSA) is 65.1 Å². The van der Waals surface area contributed by atoms with Gasteiger partial charge in [0, 0.05) is 25.3 Å². The zero-order chi connectivity index (χ0) is 18.0. The Hall–Kier alpha value is -2.08. The van der Waals surface area contributed by atoms with Crippen molar-refractivity contribution in [2.75, 3.05) is 26.9 Å². The van der Waals surface area contributed by atoms with Gasteiger partial charge in [-0.3, -0.25) is 4.79 Å². The third-order valence-electron chi connectivity index (χ3n) is 5.21. The van der Waals surface area contributed by atoms with Gasteiger partial charge in [-0.05, 0) is 31.9 Å². The second-order valence-corrected chi connectivity index (χ2v) is 7.08. The van der Waals surface area contributed by atoms with Gasteiger partial charge in [-0.1, -0.05) is 13.0 Å². The quantitative estimate of drug-likeness (QED) is 0.769. The Balaban J connectivity index is 1.85. The second kappa shape index (κ2) is 7.04. The number of rotatable bonds is 2. The third kappa shape index (κ3) is 3.49. The van der Waals surface area contributed by atoms with E-state index in [-0.39, 0.29) is 17.4 Å². The summed E-state index contributed by atoms with van der Waals surface area (Å²) in [5, 5.41) is 0. The lowest BCUT2D eigenvalue weighted by atomic mass is 9.80. The van der Waals surface area contributed by atoms with Crippen LogP contribution in [0.5, 0.6) is 5.75 Å². The van der Waals surface area contributed by atoms with Crippen molar-refractivity contribution in [2.45, 2.75) is 39.3 Å². The molecule has 0 radical (unpaired) electrons. The lowest BCUT2D eigenvalue weighted by Crippen LogP contribution is -2.49. The predicted octanol–water partition coefficient (Wildman–Crippen LogP) is 2.40. The highest BCUT2D eigenvalue weighted by molar-refractivity contribution is 5.90. The number of carbonyl (C=O) groups excluding carboxylic acids is 2. The molecule has 0 N–H and O–H groups in total. The van der Waals surface area contributed by atoms with E-state index in [1.807, 2.05) is 24.8 Å². The van der Waals surface area contributed by atoms with E-state index in [1.165, 1.54) is 7.11 Å². The zero-order valence-corrected chi connectivity index (χ0v) is 15.0. The van der Waals surface area contributed by atoms with Crippen LogP contribution in [-0.2, 0) is 20.8 Å². The van der Waals surface area contributed by atoms with Crippen LogP contribution < -0.4 is 4.74 Å². The zero-order valence-electron chi connectivity index (χ0n) is 15.0. The fourth-order valence-electron chi connectivity index (χ4n) is 3.36. The van der Waals surface area contributed by atoms with Gasteiger partial charge in [0.25, 0.3) is 0 Å². The van der Waals surface area contributed by atoms with Crippen molar-refractivity contribution in [3.63, 3.8) is 0 Å². The number of fused-ring (bicyclic) bond motifs is 1. The first-order chi connectivity index (χ1) is 11.9. The third-order valence-corrected chi connectivity index (χ3v) is 5.21. The Bertz CT molecular complexity index is 666. The van der Waals surface area contributed by atoms with Crippen molar-refractivity contribution in [3.05, 3.63) is 29.3 Å². The molecule has 0 aliphatic carbocycles. The number of hydrogen-bond donors (Lipinski definition) is 0. The lowest BCUT2D eigenvalue weighted by molar-refractivity contribution is -0.149. The average molecular weight is 347 g/mol. The first-order valence-corrected chi connectivity index (χ1v) is 8.67. The van der Waals surface area contributed by atoms with Gasteiger partial charge in [0.2, 0.25) is 5.91 Å². The highest BCUT2D eigenvalue weighted by Crippen LogP contribution is 2.35. The molecule has 1 aromatic carbocycles. The summed E-state index contributed by atoms with van der Waals surface area (Å²) >= 11 is 0. The number of esters is 1. The van der Waals surface area contributed by atoms with Crippen molar-refractivity contribution in [1.82, 2.24) is 4.90 Å². The molecule has 1 fully saturated rings. The van der Waals surface area contributed by atoms with Crippen molar-refractivity contribution in [1.29, 1.82) is 0 Å². The summed E-state index contributed by atoms with van der Waals surface area (Å²) in [5.74, 6) is 0.394. The minimum absolute atomic E-state index is 0.0406. The number of benzene rings is 1. The van der Waals surface area contributed by atoms with Crippen LogP contribution in [0.15, 0.2) is 18.2 Å². The van der Waals surface area contributed by atoms with E-state index >= 15 is 0 Å². The van der Waals surface area contributed by atoms with Crippen LogP contribution in [0.1, 0.15) is 42.6 Å². The van der Waals surface area contributed by atoms with Gasteiger partial charge in [-0.2, -0.15) is 0 Å². The molecule has 0 bridgehead atoms. The van der Waals surface area contributed by atoms with E-state index in [0.717, 1.165) is 18.4 Å². The summed E-state index contributed by atoms with van der Waals surface area (Å²) in [4.78, 5) is 26.8. The highest BCUT2D eigenvalue weighted by atomic mass is 16.5. The van der Waals surface area contributed by atoms with Crippen molar-refractivity contribution >= 4 is 11.9 Å². The van der Waals surface area contributed by atoms with Crippen LogP contribution in [0.25, 0.3) is 0 Å². The molecule has 1 aromatic rings. The summed E-state index contributed by atoms with van der Waals surface area (Å²) in [5.41, 5.74) is 0.967. The molecule has 25 heavy (non-hydrogen) atoms. The van der Waals surface area contributed by atoms with Gasteiger partial charge in [0.05, 0.1) is 24.1 Å². The first kappa shape index (κ1) is 17.7. The molecule has 0 saturated carbocycles. The molecule has 6 nitrogen and oxygen atoms in total. The molecule has 1 saturated heterocycles. The van der Waals surface area contributed by atoms with E-state index < -0.39 is 5.97 Å². The molecule has 2 aliphatic rings. The summed E-state index contributed by atoms with van der Waals surface area (Å²) in [6.45, 7) is 6.15. The van der Waals surface area contributed by atoms with Crippen LogP contribution in [0, 0.1) is 5.41 Å². The maximum atomic E-state index is 13.2. The van der Waals surface area contributed by atoms with Crippen molar-refractivity contribution in [3.8, 4) is 5.75 Å². The fraction of sp³-hybridized carbons (Fsp3) is 0.579. The van der Waals surface area contributed by atoms with Gasteiger partial charge in [0.1, 0.15) is 12.4 Å². The minimum Gasteiger partial charge on any atom is -0.491 e. The normalized spacial score (nSPS) is 22.4. The number of nitrogens with zero attached hydrogens (tertiary/aromatic N) is 1. The fourth-order valence-corrected chi connectivity index (χ4v) is 3.36. The summed E-state index contributed by atoms with van der Waals surface area (Å²) in [6, 6.07) is 5.20. The second-order valence-electron chi connectivity index (χ2n) is 7.08. The van der Waals surface area contributed by atoms with Crippen LogP contribution in [0.4, 0.5) is 0 Å². The lowest BCUT2D eigenvalue weighted by Gasteiger charge is -2.38. The van der Waals surface area contributed by atoms with Gasteiger partial charge < -0.3 is 19.1 Å². The summed E-state index contributed by atoms with van der Waals surface area (Å²) < 4.78 is 16.0. The number of methoxy groups -OCH3 is 1. The Morgan fingerprint density at radius 3 is 2.68 bits per heavy atom. The number of amides is 1. The van der Waals surface area contributed by atoms with Gasteiger partial charge in [-0.15, -0.1) is 0 Å². The molecular formula is C19H25NO5. The first-order valence-electron chi connectivity index (χ1n) is 8.67. The molecular weight excluding hydrogens is 322 g/mol. The standard InChI is InChI=1S/C19H25NO5/c1-13-12-25-16-10-14(17(21)23-3)4-5-15(16)11-20(13)18(22)19(2)6-8-24-9-7-19/h4-5,10,13H,6-9,11-12H2,1-3H3/t13-/m0/s1. The van der Waals surface area contributed by atoms with Crippen molar-refractivity contribution in [2.24, 2.45) is 5.41 Å². The summed E-state index contributed by atoms with van der Waals surface area (Å²) in [7, 11) is 1.35. The molecule has 3 rings (SSSR count). The van der Waals surface area contributed by atoms with Crippen LogP contribution in [-0.4, -0.2) is 49.7 Å². The highest BCUT2D eigenvalue weighted by Gasteiger charge is 2.40. The van der Waals surface area contributed by atoms with E-state index in [1.54, 1.807) is 12.1 Å². The molecule has 0 unspecified atom stereocenters. The minimum atomic E-state index is -0.397. The Morgan fingerprint density at radius 2 is 2.00 bits per heavy atom. The van der Waals surface area contributed by atoms with Gasteiger partial charge >= 0.3 is 5.97 Å². The van der Waals surface area contributed by atoms with E-state index in [2.05, 4.69) is 0 Å². The maximum absolute atomic E-state index is 13.2. The molecule has 0 spiro atoms. The Morgan fingerprint density at radius 1 is 1.28 bits per heavy atom. The molecule has 1 atom stereocenters. The van der Waals surface area contributed by atoms with E-state index in [9.17, 15) is 9.59 Å².